The van der Waals surface area contributed by atoms with Gasteiger partial charge in [0, 0.05) is 11.8 Å². The molecule has 6 heteroatoms. The van der Waals surface area contributed by atoms with Crippen molar-refractivity contribution in [2.45, 2.75) is 38.0 Å². The second-order valence-corrected chi connectivity index (χ2v) is 5.25. The molecule has 0 radical (unpaired) electrons. The largest absolute Gasteiger partial charge is 0.251 e. The van der Waals surface area contributed by atoms with Gasteiger partial charge in [-0.05, 0) is 24.7 Å². The van der Waals surface area contributed by atoms with Crippen molar-refractivity contribution in [1.82, 2.24) is 19.5 Å². The first-order valence-corrected chi connectivity index (χ1v) is 6.46. The lowest BCUT2D eigenvalue weighted by Crippen LogP contribution is -2.33. The van der Waals surface area contributed by atoms with Gasteiger partial charge in [-0.3, -0.25) is 4.98 Å². The zero-order chi connectivity index (χ0) is 12.0. The first kappa shape index (κ1) is 11.2. The van der Waals surface area contributed by atoms with Crippen molar-refractivity contribution < 1.29 is 0 Å². The van der Waals surface area contributed by atoms with E-state index in [1.807, 2.05) is 6.20 Å². The molecule has 2 aliphatic heterocycles. The Hall–Kier alpha value is -0.870. The Morgan fingerprint density at radius 2 is 2.12 bits per heavy atom. The lowest BCUT2D eigenvalue weighted by molar-refractivity contribution is 0.235. The molecule has 3 aliphatic rings. The van der Waals surface area contributed by atoms with Crippen LogP contribution >= 0.6 is 23.4 Å². The summed E-state index contributed by atoms with van der Waals surface area (Å²) in [7, 11) is 0. The highest BCUT2D eigenvalue weighted by Crippen LogP contribution is 2.49. The van der Waals surface area contributed by atoms with Crippen molar-refractivity contribution in [3.63, 3.8) is 0 Å². The highest BCUT2D eigenvalue weighted by Gasteiger charge is 2.41. The van der Waals surface area contributed by atoms with Gasteiger partial charge in [0.1, 0.15) is 11.4 Å². The van der Waals surface area contributed by atoms with Gasteiger partial charge in [-0.25, -0.2) is 0 Å². The zero-order valence-electron chi connectivity index (χ0n) is 9.45. The Balaban J connectivity index is 2.18. The Bertz CT molecular complexity index is 527. The SMILES string of the molecule is CCC1(c2cnc3c(Cl)nn(Cl)nc2-3)CCC1. The summed E-state index contributed by atoms with van der Waals surface area (Å²) in [6.45, 7) is 2.20. The summed E-state index contributed by atoms with van der Waals surface area (Å²) in [5, 5.41) is 8.36. The lowest BCUT2D eigenvalue weighted by Gasteiger charge is -2.41. The van der Waals surface area contributed by atoms with Crippen LogP contribution in [0.25, 0.3) is 11.4 Å². The summed E-state index contributed by atoms with van der Waals surface area (Å²) < 4.78 is 0.998. The van der Waals surface area contributed by atoms with E-state index in [0.29, 0.717) is 10.8 Å². The van der Waals surface area contributed by atoms with Crippen molar-refractivity contribution in [3.05, 3.63) is 16.9 Å². The Labute approximate surface area is 109 Å². The molecule has 2 heterocycles. The second-order valence-electron chi connectivity index (χ2n) is 4.59. The molecule has 0 amide bonds. The van der Waals surface area contributed by atoms with Crippen molar-refractivity contribution in [2.75, 3.05) is 0 Å². The van der Waals surface area contributed by atoms with E-state index in [0.717, 1.165) is 16.4 Å². The maximum Gasteiger partial charge on any atom is 0.180 e. The van der Waals surface area contributed by atoms with Crippen LogP contribution in [0.5, 0.6) is 0 Å². The van der Waals surface area contributed by atoms with Crippen LogP contribution in [0.4, 0.5) is 0 Å². The average Bonchev–Trinajstić information content (AvgIpc) is 2.62. The fourth-order valence-corrected chi connectivity index (χ4v) is 3.06. The fourth-order valence-electron chi connectivity index (χ4n) is 2.66. The maximum absolute atomic E-state index is 6.01. The predicted molar refractivity (Wildman–Crippen MR) is 66.5 cm³/mol. The van der Waals surface area contributed by atoms with Gasteiger partial charge in [-0.15, -0.1) is 10.2 Å². The van der Waals surface area contributed by atoms with Gasteiger partial charge in [-0.1, -0.05) is 29.3 Å². The Morgan fingerprint density at radius 3 is 2.71 bits per heavy atom. The first-order valence-electron chi connectivity index (χ1n) is 5.74. The number of rotatable bonds is 2. The predicted octanol–water partition coefficient (Wildman–Crippen LogP) is 3.26. The summed E-state index contributed by atoms with van der Waals surface area (Å²) in [6.07, 6.45) is 6.62. The summed E-state index contributed by atoms with van der Waals surface area (Å²) in [5.74, 6) is 0. The molecule has 0 atom stereocenters. The molecule has 0 aromatic rings. The van der Waals surface area contributed by atoms with Gasteiger partial charge in [0.25, 0.3) is 0 Å². The van der Waals surface area contributed by atoms with Crippen molar-refractivity contribution >= 4 is 23.4 Å². The third-order valence-corrected chi connectivity index (χ3v) is 4.31. The van der Waals surface area contributed by atoms with Gasteiger partial charge in [0.05, 0.1) is 11.8 Å². The quantitative estimate of drug-likeness (QED) is 0.842. The average molecular weight is 271 g/mol. The summed E-state index contributed by atoms with van der Waals surface area (Å²) in [4.78, 5) is 4.33. The first-order chi connectivity index (χ1) is 8.16. The van der Waals surface area contributed by atoms with Crippen LogP contribution in [0, 0.1) is 0 Å². The van der Waals surface area contributed by atoms with Crippen LogP contribution in [-0.2, 0) is 5.41 Å². The van der Waals surface area contributed by atoms with Gasteiger partial charge in [0.15, 0.2) is 5.15 Å². The van der Waals surface area contributed by atoms with Crippen LogP contribution in [0.15, 0.2) is 6.20 Å². The van der Waals surface area contributed by atoms with E-state index in [1.54, 1.807) is 0 Å². The monoisotopic (exact) mass is 270 g/mol. The van der Waals surface area contributed by atoms with E-state index in [2.05, 4.69) is 22.1 Å². The molecule has 4 nitrogen and oxygen atoms in total. The minimum absolute atomic E-state index is 0.219. The molecule has 1 fully saturated rings. The topological polar surface area (TPSA) is 43.6 Å². The normalized spacial score (nSPS) is 18.3. The minimum Gasteiger partial charge on any atom is -0.251 e. The molecule has 0 aromatic carbocycles. The van der Waals surface area contributed by atoms with Crippen LogP contribution in [0.3, 0.4) is 0 Å². The van der Waals surface area contributed by atoms with Gasteiger partial charge in [-0.2, -0.15) is 0 Å². The van der Waals surface area contributed by atoms with Crippen molar-refractivity contribution in [1.29, 1.82) is 0 Å². The molecule has 1 saturated carbocycles. The second kappa shape index (κ2) is 3.82. The summed E-state index contributed by atoms with van der Waals surface area (Å²) in [6, 6.07) is 0. The van der Waals surface area contributed by atoms with Gasteiger partial charge in [0.2, 0.25) is 0 Å². The highest BCUT2D eigenvalue weighted by molar-refractivity contribution is 6.32. The van der Waals surface area contributed by atoms with Crippen molar-refractivity contribution in [2.24, 2.45) is 0 Å². The molecule has 0 aromatic heterocycles. The van der Waals surface area contributed by atoms with E-state index >= 15 is 0 Å². The summed E-state index contributed by atoms with van der Waals surface area (Å²) >= 11 is 11.8. The number of fused-ring (bicyclic) bond motifs is 1. The standard InChI is InChI=1S/C11H12Cl2N4/c1-2-11(4-3-5-11)7-6-14-9-8(7)15-17(13)16-10(9)12/h6H,2-5H2,1H3. The highest BCUT2D eigenvalue weighted by atomic mass is 35.5. The van der Waals surface area contributed by atoms with E-state index in [-0.39, 0.29) is 5.41 Å². The number of hydrogen-bond donors (Lipinski definition) is 0. The third-order valence-electron chi connectivity index (χ3n) is 3.91. The van der Waals surface area contributed by atoms with Crippen LogP contribution in [-0.4, -0.2) is 19.5 Å². The zero-order valence-corrected chi connectivity index (χ0v) is 11.0. The van der Waals surface area contributed by atoms with Crippen molar-refractivity contribution in [3.8, 4) is 11.4 Å². The van der Waals surface area contributed by atoms with Crippen LogP contribution in [0.2, 0.25) is 5.15 Å². The maximum atomic E-state index is 6.01. The van der Waals surface area contributed by atoms with E-state index in [9.17, 15) is 0 Å². The Kier molecular flexibility index (Phi) is 2.52. The third kappa shape index (κ3) is 1.54. The number of nitrogens with zero attached hydrogens (tertiary/aromatic N) is 4. The van der Waals surface area contributed by atoms with Crippen LogP contribution in [0.1, 0.15) is 38.2 Å². The molecule has 0 unspecified atom stereocenters. The Morgan fingerprint density at radius 1 is 1.35 bits per heavy atom. The molecule has 90 valence electrons. The smallest absolute Gasteiger partial charge is 0.180 e. The number of halogens is 2. The lowest BCUT2D eigenvalue weighted by atomic mass is 9.63. The van der Waals surface area contributed by atoms with Crippen LogP contribution < -0.4 is 0 Å². The molecule has 1 aliphatic carbocycles. The number of hydrogen-bond acceptors (Lipinski definition) is 3. The van der Waals surface area contributed by atoms with E-state index in [4.69, 9.17) is 23.4 Å². The molecular formula is C11H12Cl2N4. The molecule has 17 heavy (non-hydrogen) atoms. The van der Waals surface area contributed by atoms with Gasteiger partial charge < -0.3 is 0 Å². The molecular weight excluding hydrogens is 259 g/mol. The minimum atomic E-state index is 0.219. The number of aromatic nitrogens is 4. The molecule has 0 N–H and O–H groups in total. The molecule has 0 spiro atoms. The van der Waals surface area contributed by atoms with E-state index < -0.39 is 0 Å². The molecule has 3 rings (SSSR count). The van der Waals surface area contributed by atoms with E-state index in [1.165, 1.54) is 24.8 Å². The van der Waals surface area contributed by atoms with Gasteiger partial charge >= 0.3 is 0 Å². The molecule has 0 bridgehead atoms. The fraction of sp³-hybridized carbons (Fsp3) is 0.545. The summed E-state index contributed by atoms with van der Waals surface area (Å²) in [5.41, 5.74) is 2.83. The molecule has 0 saturated heterocycles.